The van der Waals surface area contributed by atoms with Gasteiger partial charge in [0, 0.05) is 5.69 Å². The largest absolute Gasteiger partial charge is 0.299 e. The third kappa shape index (κ3) is 1.31. The Morgan fingerprint density at radius 2 is 2.00 bits per heavy atom. The molecule has 0 amide bonds. The fourth-order valence-corrected chi connectivity index (χ4v) is 1.70. The van der Waals surface area contributed by atoms with Crippen LogP contribution in [0.15, 0.2) is 54.9 Å². The van der Waals surface area contributed by atoms with Crippen LogP contribution in [-0.4, -0.2) is 9.55 Å². The summed E-state index contributed by atoms with van der Waals surface area (Å²) in [5.41, 5.74) is 3.23. The van der Waals surface area contributed by atoms with Crippen molar-refractivity contribution < 1.29 is 0 Å². The first-order valence-electron chi connectivity index (χ1n) is 4.84. The molecule has 15 heavy (non-hydrogen) atoms. The van der Waals surface area contributed by atoms with Gasteiger partial charge >= 0.3 is 0 Å². The van der Waals surface area contributed by atoms with Gasteiger partial charge in [-0.15, -0.1) is 0 Å². The lowest BCUT2D eigenvalue weighted by atomic mass is 10.3. The fraction of sp³-hybridized carbons (Fsp3) is 0. The Morgan fingerprint density at radius 1 is 1.07 bits per heavy atom. The highest BCUT2D eigenvalue weighted by Crippen LogP contribution is 2.16. The van der Waals surface area contributed by atoms with E-state index >= 15 is 0 Å². The second-order valence-corrected chi connectivity index (χ2v) is 3.36. The minimum atomic E-state index is 1.02. The number of aromatic nitrogens is 2. The van der Waals surface area contributed by atoms with Crippen LogP contribution in [0.1, 0.15) is 0 Å². The second kappa shape index (κ2) is 3.24. The van der Waals surface area contributed by atoms with E-state index in [2.05, 4.69) is 21.7 Å². The maximum Gasteiger partial charge on any atom is 0.100 e. The minimum absolute atomic E-state index is 1.02. The molecule has 0 unspecified atom stereocenters. The van der Waals surface area contributed by atoms with E-state index < -0.39 is 0 Å². The lowest BCUT2D eigenvalue weighted by molar-refractivity contribution is 1.09. The molecule has 0 fully saturated rings. The van der Waals surface area contributed by atoms with Crippen LogP contribution in [0.25, 0.3) is 16.7 Å². The zero-order valence-electron chi connectivity index (χ0n) is 8.09. The molecule has 1 radical (unpaired) electrons. The first-order chi connectivity index (χ1) is 7.45. The monoisotopic (exact) mass is 193 g/mol. The van der Waals surface area contributed by atoms with E-state index in [-0.39, 0.29) is 0 Å². The molecule has 0 aliphatic carbocycles. The Hall–Kier alpha value is -2.09. The van der Waals surface area contributed by atoms with Gasteiger partial charge in [-0.3, -0.25) is 4.57 Å². The van der Waals surface area contributed by atoms with Gasteiger partial charge in [0.15, 0.2) is 0 Å². The molecule has 1 aromatic heterocycles. The number of fused-ring (bicyclic) bond motifs is 1. The first kappa shape index (κ1) is 8.24. The van der Waals surface area contributed by atoms with Crippen LogP contribution < -0.4 is 0 Å². The molecule has 0 aliphatic rings. The number of benzene rings is 2. The maximum atomic E-state index is 4.34. The third-order valence-corrected chi connectivity index (χ3v) is 2.42. The van der Waals surface area contributed by atoms with E-state index in [1.165, 1.54) is 0 Å². The molecule has 2 aromatic carbocycles. The molecule has 0 N–H and O–H groups in total. The van der Waals surface area contributed by atoms with E-state index in [4.69, 9.17) is 0 Å². The molecule has 0 saturated heterocycles. The smallest absolute Gasteiger partial charge is 0.100 e. The lowest BCUT2D eigenvalue weighted by Gasteiger charge is -2.02. The molecule has 3 aromatic rings. The lowest BCUT2D eigenvalue weighted by Crippen LogP contribution is -1.90. The molecule has 3 rings (SSSR count). The number of para-hydroxylation sites is 2. The Balaban J connectivity index is 2.28. The molecule has 2 heteroatoms. The van der Waals surface area contributed by atoms with Crippen LogP contribution in [0.3, 0.4) is 0 Å². The molecule has 0 aliphatic heterocycles. The van der Waals surface area contributed by atoms with Crippen molar-refractivity contribution in [2.24, 2.45) is 0 Å². The van der Waals surface area contributed by atoms with Crippen molar-refractivity contribution >= 4 is 11.0 Å². The number of nitrogens with zero attached hydrogens (tertiary/aromatic N) is 2. The van der Waals surface area contributed by atoms with E-state index in [1.807, 2.05) is 48.8 Å². The summed E-state index contributed by atoms with van der Waals surface area (Å²) in [4.78, 5) is 4.34. The summed E-state index contributed by atoms with van der Waals surface area (Å²) in [5.74, 6) is 0. The standard InChI is InChI=1S/C13H9N2/c1-2-6-11(7-3-1)15-10-14-12-8-4-5-9-13(12)15/h1-2,4-10H. The summed E-state index contributed by atoms with van der Waals surface area (Å²) in [7, 11) is 0. The van der Waals surface area contributed by atoms with Gasteiger partial charge in [0.1, 0.15) is 6.33 Å². The van der Waals surface area contributed by atoms with Crippen LogP contribution in [0.2, 0.25) is 0 Å². The third-order valence-electron chi connectivity index (χ3n) is 2.42. The molecule has 0 saturated carbocycles. The van der Waals surface area contributed by atoms with Crippen molar-refractivity contribution in [3.05, 3.63) is 60.9 Å². The Bertz CT molecular complexity index is 582. The second-order valence-electron chi connectivity index (χ2n) is 3.36. The SMILES string of the molecule is [c]1cccc(-n2cnc3ccccc32)c1. The normalized spacial score (nSPS) is 10.7. The fourth-order valence-electron chi connectivity index (χ4n) is 1.70. The zero-order chi connectivity index (χ0) is 10.1. The van der Waals surface area contributed by atoms with Gasteiger partial charge in [0.2, 0.25) is 0 Å². The molecule has 0 spiro atoms. The van der Waals surface area contributed by atoms with Gasteiger partial charge in [-0.2, -0.15) is 0 Å². The van der Waals surface area contributed by atoms with Gasteiger partial charge in [-0.05, 0) is 30.3 Å². The highest BCUT2D eigenvalue weighted by Gasteiger charge is 2.01. The predicted molar refractivity (Wildman–Crippen MR) is 59.9 cm³/mol. The van der Waals surface area contributed by atoms with Gasteiger partial charge in [0.05, 0.1) is 11.0 Å². The van der Waals surface area contributed by atoms with Crippen molar-refractivity contribution in [1.29, 1.82) is 0 Å². The first-order valence-corrected chi connectivity index (χ1v) is 4.84. The summed E-state index contributed by atoms with van der Waals surface area (Å²) in [6.07, 6.45) is 1.84. The van der Waals surface area contributed by atoms with Crippen LogP contribution in [0, 0.1) is 6.07 Å². The van der Waals surface area contributed by atoms with E-state index in [0.717, 1.165) is 16.7 Å². The van der Waals surface area contributed by atoms with Crippen molar-refractivity contribution in [2.45, 2.75) is 0 Å². The van der Waals surface area contributed by atoms with Crippen molar-refractivity contribution in [3.63, 3.8) is 0 Å². The topological polar surface area (TPSA) is 17.8 Å². The summed E-state index contributed by atoms with van der Waals surface area (Å²) in [5, 5.41) is 0. The summed E-state index contributed by atoms with van der Waals surface area (Å²) in [6, 6.07) is 19.0. The Kier molecular flexibility index (Phi) is 1.78. The average molecular weight is 193 g/mol. The number of rotatable bonds is 1. The van der Waals surface area contributed by atoms with Crippen molar-refractivity contribution in [1.82, 2.24) is 9.55 Å². The summed E-state index contributed by atoms with van der Waals surface area (Å²) >= 11 is 0. The van der Waals surface area contributed by atoms with E-state index in [0.29, 0.717) is 0 Å². The highest BCUT2D eigenvalue weighted by molar-refractivity contribution is 5.77. The van der Waals surface area contributed by atoms with Crippen LogP contribution in [0.4, 0.5) is 0 Å². The molecular weight excluding hydrogens is 184 g/mol. The Morgan fingerprint density at radius 3 is 2.87 bits per heavy atom. The zero-order valence-corrected chi connectivity index (χ0v) is 8.09. The van der Waals surface area contributed by atoms with Gasteiger partial charge in [-0.1, -0.05) is 24.3 Å². The van der Waals surface area contributed by atoms with Gasteiger partial charge < -0.3 is 0 Å². The average Bonchev–Trinajstić information content (AvgIpc) is 2.74. The highest BCUT2D eigenvalue weighted by atomic mass is 15.0. The molecule has 71 valence electrons. The van der Waals surface area contributed by atoms with E-state index in [9.17, 15) is 0 Å². The molecule has 0 atom stereocenters. The van der Waals surface area contributed by atoms with Crippen LogP contribution in [-0.2, 0) is 0 Å². The summed E-state index contributed by atoms with van der Waals surface area (Å²) < 4.78 is 2.06. The molecular formula is C13H9N2. The van der Waals surface area contributed by atoms with Gasteiger partial charge in [0.25, 0.3) is 0 Å². The molecule has 1 heterocycles. The van der Waals surface area contributed by atoms with Crippen molar-refractivity contribution in [2.75, 3.05) is 0 Å². The number of hydrogen-bond acceptors (Lipinski definition) is 1. The van der Waals surface area contributed by atoms with Crippen LogP contribution in [0.5, 0.6) is 0 Å². The predicted octanol–water partition coefficient (Wildman–Crippen LogP) is 2.83. The summed E-state index contributed by atoms with van der Waals surface area (Å²) in [6.45, 7) is 0. The molecule has 0 bridgehead atoms. The quantitative estimate of drug-likeness (QED) is 0.581. The molecule has 2 nitrogen and oxygen atoms in total. The number of imidazole rings is 1. The Labute approximate surface area is 87.8 Å². The number of hydrogen-bond donors (Lipinski definition) is 0. The van der Waals surface area contributed by atoms with Gasteiger partial charge in [-0.25, -0.2) is 4.98 Å². The van der Waals surface area contributed by atoms with E-state index in [1.54, 1.807) is 0 Å². The maximum absolute atomic E-state index is 4.34. The van der Waals surface area contributed by atoms with Crippen LogP contribution >= 0.6 is 0 Å². The van der Waals surface area contributed by atoms with Crippen molar-refractivity contribution in [3.8, 4) is 5.69 Å². The minimum Gasteiger partial charge on any atom is -0.299 e.